The molecule has 2 aliphatic heterocycles. The third-order valence-electron chi connectivity index (χ3n) is 8.31. The molecule has 2 rings (SSSR count). The summed E-state index contributed by atoms with van der Waals surface area (Å²) in [5.41, 5.74) is -8.54. The number of aliphatic hydroxyl groups is 8. The molecule has 0 aromatic heterocycles. The molecule has 10 atom stereocenters. The molecule has 0 aromatic rings. The van der Waals surface area contributed by atoms with Crippen molar-refractivity contribution in [3.8, 4) is 0 Å². The van der Waals surface area contributed by atoms with E-state index in [4.69, 9.17) is 28.4 Å². The fourth-order valence-corrected chi connectivity index (χ4v) is 5.26. The van der Waals surface area contributed by atoms with E-state index in [1.165, 1.54) is 20.8 Å². The summed E-state index contributed by atoms with van der Waals surface area (Å²) >= 11 is 0. The first-order valence-electron chi connectivity index (χ1n) is 16.8. The molecule has 23 heteroatoms. The second-order valence-electron chi connectivity index (χ2n) is 12.7. The molecule has 56 heavy (non-hydrogen) atoms. The van der Waals surface area contributed by atoms with Crippen LogP contribution in [-0.2, 0) is 57.2 Å². The minimum Gasteiger partial charge on any atom is -0.460 e. The van der Waals surface area contributed by atoms with E-state index in [9.17, 15) is 69.6 Å². The van der Waals surface area contributed by atoms with Gasteiger partial charge in [-0.1, -0.05) is 19.7 Å². The van der Waals surface area contributed by atoms with E-state index in [0.29, 0.717) is 0 Å². The average Bonchev–Trinajstić information content (AvgIpc) is 3.15. The summed E-state index contributed by atoms with van der Waals surface area (Å²) < 4.78 is 30.8. The third kappa shape index (κ3) is 10.1. The van der Waals surface area contributed by atoms with Crippen molar-refractivity contribution >= 4 is 35.6 Å². The molecule has 0 bridgehead atoms. The monoisotopic (exact) mass is 807 g/mol. The van der Waals surface area contributed by atoms with Gasteiger partial charge >= 0.3 is 17.9 Å². The zero-order valence-corrected chi connectivity index (χ0v) is 30.8. The van der Waals surface area contributed by atoms with E-state index in [0.717, 1.165) is 0 Å². The maximum absolute atomic E-state index is 14.2. The Morgan fingerprint density at radius 2 is 1.04 bits per heavy atom. The number of ether oxygens (including phenoxy) is 6. The highest BCUT2D eigenvalue weighted by Gasteiger charge is 2.81. The van der Waals surface area contributed by atoms with Crippen molar-refractivity contribution in [1.82, 2.24) is 16.0 Å². The van der Waals surface area contributed by atoms with Crippen LogP contribution in [0.25, 0.3) is 0 Å². The zero-order chi connectivity index (χ0) is 42.8. The van der Waals surface area contributed by atoms with Gasteiger partial charge in [0.1, 0.15) is 56.4 Å². The van der Waals surface area contributed by atoms with Crippen LogP contribution in [0.2, 0.25) is 0 Å². The summed E-state index contributed by atoms with van der Waals surface area (Å²) in [6, 6.07) is 0. The largest absolute Gasteiger partial charge is 0.460 e. The molecule has 2 aliphatic rings. The van der Waals surface area contributed by atoms with Gasteiger partial charge in [-0.15, -0.1) is 0 Å². The second kappa shape index (κ2) is 20.1. The lowest BCUT2D eigenvalue weighted by atomic mass is 9.67. The van der Waals surface area contributed by atoms with Crippen LogP contribution in [0.5, 0.6) is 0 Å². The lowest BCUT2D eigenvalue weighted by Gasteiger charge is -2.57. The molecule has 0 spiro atoms. The Labute approximate surface area is 319 Å². The number of hydrogen-bond donors (Lipinski definition) is 11. The summed E-state index contributed by atoms with van der Waals surface area (Å²) in [6.07, 6.45) is -15.4. The Hall–Kier alpha value is -4.40. The molecular weight excluding hydrogens is 758 g/mol. The smallest absolute Gasteiger partial charge is 0.333 e. The molecule has 1 unspecified atom stereocenters. The van der Waals surface area contributed by atoms with Crippen molar-refractivity contribution in [2.45, 2.75) is 80.7 Å². The molecule has 2 saturated heterocycles. The third-order valence-corrected chi connectivity index (χ3v) is 8.31. The molecule has 2 fully saturated rings. The fourth-order valence-electron chi connectivity index (χ4n) is 5.26. The first-order valence-corrected chi connectivity index (χ1v) is 16.8. The predicted molar refractivity (Wildman–Crippen MR) is 182 cm³/mol. The van der Waals surface area contributed by atoms with Gasteiger partial charge in [-0.2, -0.15) is 0 Å². The van der Waals surface area contributed by atoms with E-state index in [2.05, 4.69) is 19.7 Å². The van der Waals surface area contributed by atoms with Gasteiger partial charge in [0.15, 0.2) is 6.29 Å². The van der Waals surface area contributed by atoms with E-state index in [1.807, 2.05) is 16.0 Å². The lowest BCUT2D eigenvalue weighted by molar-refractivity contribution is -0.404. The maximum Gasteiger partial charge on any atom is 0.333 e. The molecule has 3 amide bonds. The summed E-state index contributed by atoms with van der Waals surface area (Å²) in [5, 5.41) is 94.2. The number of amides is 3. The highest BCUT2D eigenvalue weighted by molar-refractivity contribution is 6.04. The Balaban J connectivity index is 2.75. The molecule has 0 aliphatic carbocycles. The lowest BCUT2D eigenvalue weighted by Crippen LogP contribution is -2.89. The Morgan fingerprint density at radius 1 is 0.625 bits per heavy atom. The summed E-state index contributed by atoms with van der Waals surface area (Å²) in [7, 11) is 0. The standard InChI is InChI=1S/C33H49N3O20/c1-15(2)24(42)51-10-7-34-28(45)31(48)23(55-27-22(41)21(40)20(39)18(13-37)54-27)19(14-38)56-33(50,30(47)36-9-12-53-26(44)17(5)6)32(31,49)29(46)35-8-11-52-25(43)16(3)4/h18-23,27,37-41,48-50H,1,3,5,7-14H2,2,4,6H3,(H,34,45)(H,35,46)(H,36,47)/t18-,19-,20+,21+,22-,23-,27+,31-,32-,33?/m1/s1. The Kier molecular flexibility index (Phi) is 17.2. The second-order valence-corrected chi connectivity index (χ2v) is 12.7. The Morgan fingerprint density at radius 3 is 1.45 bits per heavy atom. The number of rotatable bonds is 19. The van der Waals surface area contributed by atoms with Gasteiger partial charge < -0.3 is 85.2 Å². The maximum atomic E-state index is 14.2. The van der Waals surface area contributed by atoms with Crippen LogP contribution in [0, 0.1) is 0 Å². The predicted octanol–water partition coefficient (Wildman–Crippen LogP) is -6.58. The van der Waals surface area contributed by atoms with Crippen molar-refractivity contribution in [1.29, 1.82) is 0 Å². The molecule has 0 radical (unpaired) electrons. The number of carbonyl (C=O) groups is 6. The number of hydrogen-bond acceptors (Lipinski definition) is 20. The van der Waals surface area contributed by atoms with Gasteiger partial charge in [0, 0.05) is 16.7 Å². The first kappa shape index (κ1) is 47.8. The molecule has 23 nitrogen and oxygen atoms in total. The van der Waals surface area contributed by atoms with Crippen LogP contribution in [0.3, 0.4) is 0 Å². The molecular formula is C33H49N3O20. The van der Waals surface area contributed by atoms with Gasteiger partial charge in [-0.05, 0) is 20.8 Å². The van der Waals surface area contributed by atoms with Gasteiger partial charge in [-0.25, -0.2) is 14.4 Å². The van der Waals surface area contributed by atoms with E-state index < -0.39 is 148 Å². The van der Waals surface area contributed by atoms with Gasteiger partial charge in [0.25, 0.3) is 23.5 Å². The Bertz CT molecular complexity index is 1520. The van der Waals surface area contributed by atoms with Crippen molar-refractivity contribution in [3.63, 3.8) is 0 Å². The quantitative estimate of drug-likeness (QED) is 0.0250. The van der Waals surface area contributed by atoms with E-state index in [-0.39, 0.29) is 16.7 Å². The highest BCUT2D eigenvalue weighted by Crippen LogP contribution is 2.46. The number of aliphatic hydroxyl groups excluding tert-OH is 5. The van der Waals surface area contributed by atoms with Crippen molar-refractivity contribution in [3.05, 3.63) is 36.5 Å². The summed E-state index contributed by atoms with van der Waals surface area (Å²) in [5.74, 6) is -12.6. The van der Waals surface area contributed by atoms with Crippen molar-refractivity contribution < 1.29 is 98.0 Å². The van der Waals surface area contributed by atoms with Crippen LogP contribution < -0.4 is 16.0 Å². The van der Waals surface area contributed by atoms with Crippen molar-refractivity contribution in [2.24, 2.45) is 0 Å². The number of nitrogens with one attached hydrogen (secondary N) is 3. The van der Waals surface area contributed by atoms with Gasteiger partial charge in [0.2, 0.25) is 11.2 Å². The van der Waals surface area contributed by atoms with Gasteiger partial charge in [-0.3, -0.25) is 14.4 Å². The van der Waals surface area contributed by atoms with Crippen LogP contribution >= 0.6 is 0 Å². The molecule has 11 N–H and O–H groups in total. The minimum absolute atomic E-state index is 0.0350. The van der Waals surface area contributed by atoms with E-state index >= 15 is 0 Å². The molecule has 2 heterocycles. The topological polar surface area (TPSA) is 356 Å². The SMILES string of the molecule is C=C(C)C(=O)OCCNC(=O)C1(O)O[C@H](CO)[C@@H](O[C@@H]2O[C@H](CO)[C@H](O)[C@H](O)[C@H]2O)[C@@](O)(C(=O)NCCOC(=O)C(=C)C)[C@]1(O)C(=O)NCCOC(=O)C(=C)C. The molecule has 0 saturated carbocycles. The van der Waals surface area contributed by atoms with Crippen LogP contribution in [-0.4, -0.2) is 189 Å². The first-order chi connectivity index (χ1) is 26.1. The zero-order valence-electron chi connectivity index (χ0n) is 30.8. The number of esters is 3. The van der Waals surface area contributed by atoms with Crippen LogP contribution in [0.1, 0.15) is 20.8 Å². The summed E-state index contributed by atoms with van der Waals surface area (Å²) in [4.78, 5) is 77.6. The average molecular weight is 808 g/mol. The normalized spacial score (nSPS) is 31.2. The summed E-state index contributed by atoms with van der Waals surface area (Å²) in [6.45, 7) is 7.59. The van der Waals surface area contributed by atoms with Crippen LogP contribution in [0.4, 0.5) is 0 Å². The van der Waals surface area contributed by atoms with Gasteiger partial charge in [0.05, 0.1) is 32.8 Å². The highest BCUT2D eigenvalue weighted by atomic mass is 16.7. The van der Waals surface area contributed by atoms with Crippen LogP contribution in [0.15, 0.2) is 36.5 Å². The minimum atomic E-state index is -4.32. The number of carbonyl (C=O) groups excluding carboxylic acids is 6. The van der Waals surface area contributed by atoms with Crippen molar-refractivity contribution in [2.75, 3.05) is 52.7 Å². The fraction of sp³-hybridized carbons (Fsp3) is 0.636. The molecule has 0 aromatic carbocycles. The van der Waals surface area contributed by atoms with E-state index in [1.54, 1.807) is 0 Å². The molecule has 316 valence electrons.